The first-order valence-electron chi connectivity index (χ1n) is 6.97. The molecule has 0 saturated carbocycles. The number of aryl methyl sites for hydroxylation is 2. The zero-order chi connectivity index (χ0) is 15.8. The van der Waals surface area contributed by atoms with Gasteiger partial charge in [0, 0.05) is 11.8 Å². The molecular weight excluding hydrogens is 298 g/mol. The third-order valence-corrected chi connectivity index (χ3v) is 3.50. The lowest BCUT2D eigenvalue weighted by Gasteiger charge is -1.96. The minimum atomic E-state index is -0.516. The molecule has 114 valence electrons. The zero-order valence-corrected chi connectivity index (χ0v) is 11.9. The molecule has 0 bridgehead atoms. The van der Waals surface area contributed by atoms with Crippen LogP contribution < -0.4 is 0 Å². The molecule has 0 spiro atoms. The number of para-hydroxylation sites is 1. The molecule has 9 nitrogen and oxygen atoms in total. The molecule has 0 saturated heterocycles. The van der Waals surface area contributed by atoms with Crippen LogP contribution in [0.1, 0.15) is 5.82 Å². The Kier molecular flexibility index (Phi) is 2.97. The summed E-state index contributed by atoms with van der Waals surface area (Å²) >= 11 is 0. The average Bonchev–Trinajstić information content (AvgIpc) is 3.19. The van der Waals surface area contributed by atoms with Crippen LogP contribution in [0.3, 0.4) is 0 Å². The second-order valence-electron chi connectivity index (χ2n) is 5.00. The maximum Gasteiger partial charge on any atom is 0.389 e. The van der Waals surface area contributed by atoms with Gasteiger partial charge in [-0.25, -0.2) is 14.5 Å². The Morgan fingerprint density at radius 3 is 2.87 bits per heavy atom. The lowest BCUT2D eigenvalue weighted by atomic mass is 10.2. The van der Waals surface area contributed by atoms with Gasteiger partial charge in [0.05, 0.1) is 29.4 Å². The summed E-state index contributed by atoms with van der Waals surface area (Å²) in [6, 6.07) is 9.10. The zero-order valence-electron chi connectivity index (χ0n) is 11.9. The van der Waals surface area contributed by atoms with Crippen molar-refractivity contribution in [2.24, 2.45) is 0 Å². The molecule has 9 heteroatoms. The van der Waals surface area contributed by atoms with Crippen LogP contribution >= 0.6 is 0 Å². The molecule has 23 heavy (non-hydrogen) atoms. The fourth-order valence-electron chi connectivity index (χ4n) is 2.42. The summed E-state index contributed by atoms with van der Waals surface area (Å²) in [5.41, 5.74) is 1.61. The van der Waals surface area contributed by atoms with Crippen LogP contribution in [-0.2, 0) is 13.0 Å². The molecule has 3 aromatic heterocycles. The van der Waals surface area contributed by atoms with E-state index < -0.39 is 4.92 Å². The number of nitrogens with zero attached hydrogens (tertiary/aromatic N) is 7. The van der Waals surface area contributed by atoms with Gasteiger partial charge in [-0.15, -0.1) is 5.10 Å². The monoisotopic (exact) mass is 309 g/mol. The van der Waals surface area contributed by atoms with Crippen molar-refractivity contribution in [1.82, 2.24) is 29.4 Å². The summed E-state index contributed by atoms with van der Waals surface area (Å²) in [6.07, 6.45) is 3.73. The lowest BCUT2D eigenvalue weighted by Crippen LogP contribution is -2.04. The molecule has 1 aromatic carbocycles. The molecule has 0 N–H and O–H groups in total. The van der Waals surface area contributed by atoms with E-state index in [1.807, 2.05) is 24.3 Å². The van der Waals surface area contributed by atoms with Crippen LogP contribution in [0.15, 0.2) is 42.9 Å². The number of hydrogen-bond donors (Lipinski definition) is 0. The van der Waals surface area contributed by atoms with E-state index in [2.05, 4.69) is 20.2 Å². The van der Waals surface area contributed by atoms with Gasteiger partial charge >= 0.3 is 5.82 Å². The number of nitro groups is 1. The molecule has 0 unspecified atom stereocenters. The molecule has 0 aliphatic rings. The van der Waals surface area contributed by atoms with Gasteiger partial charge in [-0.05, 0) is 17.1 Å². The highest BCUT2D eigenvalue weighted by Crippen LogP contribution is 2.16. The van der Waals surface area contributed by atoms with Crippen molar-refractivity contribution in [3.63, 3.8) is 0 Å². The van der Waals surface area contributed by atoms with Gasteiger partial charge in [0.2, 0.25) is 0 Å². The fourth-order valence-corrected chi connectivity index (χ4v) is 2.42. The van der Waals surface area contributed by atoms with Crippen molar-refractivity contribution in [2.45, 2.75) is 13.0 Å². The van der Waals surface area contributed by atoms with Crippen molar-refractivity contribution in [3.8, 4) is 0 Å². The Balaban J connectivity index is 1.61. The molecule has 4 aromatic rings. The molecule has 4 rings (SSSR count). The first-order valence-corrected chi connectivity index (χ1v) is 6.97. The van der Waals surface area contributed by atoms with Crippen molar-refractivity contribution >= 4 is 22.4 Å². The minimum absolute atomic E-state index is 0.164. The van der Waals surface area contributed by atoms with Gasteiger partial charge in [0.15, 0.2) is 11.5 Å². The van der Waals surface area contributed by atoms with Crippen molar-refractivity contribution in [3.05, 3.63) is 58.8 Å². The molecule has 0 amide bonds. The Labute approximate surface area is 129 Å². The first kappa shape index (κ1) is 13.3. The summed E-state index contributed by atoms with van der Waals surface area (Å²) in [7, 11) is 0. The molecule has 0 radical (unpaired) electrons. The average molecular weight is 309 g/mol. The highest BCUT2D eigenvalue weighted by molar-refractivity contribution is 5.90. The number of benzene rings is 1. The predicted molar refractivity (Wildman–Crippen MR) is 80.9 cm³/mol. The Morgan fingerprint density at radius 2 is 2.04 bits per heavy atom. The van der Waals surface area contributed by atoms with Crippen molar-refractivity contribution < 1.29 is 4.92 Å². The number of hydrogen-bond acceptors (Lipinski definition) is 6. The predicted octanol–water partition coefficient (Wildman–Crippen LogP) is 1.62. The maximum absolute atomic E-state index is 10.6. The minimum Gasteiger partial charge on any atom is -0.358 e. The Hall–Kier alpha value is -3.36. The first-order chi connectivity index (χ1) is 11.2. The number of aromatic nitrogens is 6. The highest BCUT2D eigenvalue weighted by atomic mass is 16.6. The van der Waals surface area contributed by atoms with Gasteiger partial charge in [0.25, 0.3) is 0 Å². The van der Waals surface area contributed by atoms with E-state index in [4.69, 9.17) is 0 Å². The van der Waals surface area contributed by atoms with E-state index in [9.17, 15) is 10.1 Å². The highest BCUT2D eigenvalue weighted by Gasteiger charge is 2.12. The van der Waals surface area contributed by atoms with E-state index in [0.717, 1.165) is 16.6 Å². The summed E-state index contributed by atoms with van der Waals surface area (Å²) in [4.78, 5) is 19.0. The van der Waals surface area contributed by atoms with Crippen molar-refractivity contribution in [2.75, 3.05) is 0 Å². The van der Waals surface area contributed by atoms with E-state index in [-0.39, 0.29) is 5.82 Å². The van der Waals surface area contributed by atoms with Crippen LogP contribution in [-0.4, -0.2) is 34.3 Å². The SMILES string of the molecule is O=[N+]([O-])c1ccn(CCc2nc3c4ccccc4ncn3n2)n1. The van der Waals surface area contributed by atoms with E-state index in [0.29, 0.717) is 18.8 Å². The largest absolute Gasteiger partial charge is 0.389 e. The van der Waals surface area contributed by atoms with Crippen LogP contribution in [0, 0.1) is 10.1 Å². The third kappa shape index (κ3) is 2.37. The molecular formula is C14H11N7O2. The smallest absolute Gasteiger partial charge is 0.358 e. The summed E-state index contributed by atoms with van der Waals surface area (Å²) in [6.45, 7) is 0.468. The standard InChI is InChI=1S/C14H11N7O2/c22-21(23)13-6-8-19(18-13)7-5-12-16-14-10-3-1-2-4-11(10)15-9-20(14)17-12/h1-4,6,8-9H,5,7H2. The van der Waals surface area contributed by atoms with Crippen LogP contribution in [0.4, 0.5) is 5.82 Å². The van der Waals surface area contributed by atoms with Crippen LogP contribution in [0.25, 0.3) is 16.6 Å². The molecule has 0 atom stereocenters. The molecule has 0 fully saturated rings. The quantitative estimate of drug-likeness (QED) is 0.419. The molecule has 0 aliphatic heterocycles. The van der Waals surface area contributed by atoms with Gasteiger partial charge in [-0.2, -0.15) is 4.68 Å². The number of fused-ring (bicyclic) bond motifs is 3. The summed E-state index contributed by atoms with van der Waals surface area (Å²) in [5.74, 6) is 0.476. The van der Waals surface area contributed by atoms with Crippen LogP contribution in [0.5, 0.6) is 0 Å². The molecule has 0 aliphatic carbocycles. The van der Waals surface area contributed by atoms with Crippen molar-refractivity contribution in [1.29, 1.82) is 0 Å². The number of rotatable bonds is 4. The normalized spacial score (nSPS) is 11.3. The summed E-state index contributed by atoms with van der Waals surface area (Å²) in [5, 5.41) is 19.8. The van der Waals surface area contributed by atoms with Gasteiger partial charge in [-0.1, -0.05) is 12.1 Å². The topological polar surface area (TPSA) is 104 Å². The van der Waals surface area contributed by atoms with Gasteiger partial charge in [0.1, 0.15) is 6.33 Å². The molecule has 3 heterocycles. The maximum atomic E-state index is 10.6. The fraction of sp³-hybridized carbons (Fsp3) is 0.143. The summed E-state index contributed by atoms with van der Waals surface area (Å²) < 4.78 is 3.16. The van der Waals surface area contributed by atoms with E-state index in [1.165, 1.54) is 10.7 Å². The lowest BCUT2D eigenvalue weighted by molar-refractivity contribution is -0.389. The second-order valence-corrected chi connectivity index (χ2v) is 5.00. The van der Waals surface area contributed by atoms with E-state index in [1.54, 1.807) is 17.0 Å². The third-order valence-electron chi connectivity index (χ3n) is 3.50. The second kappa shape index (κ2) is 5.13. The Morgan fingerprint density at radius 1 is 1.17 bits per heavy atom. The van der Waals surface area contributed by atoms with Gasteiger partial charge in [-0.3, -0.25) is 0 Å². The Bertz CT molecular complexity index is 1020. The van der Waals surface area contributed by atoms with Crippen LogP contribution in [0.2, 0.25) is 0 Å². The van der Waals surface area contributed by atoms with Gasteiger partial charge < -0.3 is 10.1 Å². The van der Waals surface area contributed by atoms with E-state index >= 15 is 0 Å².